The fourth-order valence-electron chi connectivity index (χ4n) is 3.53. The van der Waals surface area contributed by atoms with Gasteiger partial charge < -0.3 is 26.0 Å². The Kier molecular flexibility index (Phi) is 11.8. The molecule has 0 unspecified atom stereocenters. The zero-order valence-electron chi connectivity index (χ0n) is 19.7. The van der Waals surface area contributed by atoms with Crippen LogP contribution in [0.3, 0.4) is 0 Å². The second-order valence-electron chi connectivity index (χ2n) is 8.82. The van der Waals surface area contributed by atoms with Crippen LogP contribution in [0.2, 0.25) is 0 Å². The molecule has 3 amide bonds. The molecule has 0 aromatic heterocycles. The van der Waals surface area contributed by atoms with Gasteiger partial charge in [0.2, 0.25) is 17.7 Å². The number of aliphatic hydroxyl groups is 1. The summed E-state index contributed by atoms with van der Waals surface area (Å²) in [6.07, 6.45) is 1.08. The van der Waals surface area contributed by atoms with Crippen molar-refractivity contribution in [1.29, 1.82) is 0 Å². The van der Waals surface area contributed by atoms with Gasteiger partial charge in [0.25, 0.3) is 0 Å². The van der Waals surface area contributed by atoms with E-state index in [0.717, 1.165) is 38.5 Å². The molecular formula is C21H41N5O4S. The van der Waals surface area contributed by atoms with E-state index in [1.165, 1.54) is 16.8 Å². The molecule has 0 bridgehead atoms. The molecule has 0 aliphatic carbocycles. The maximum atomic E-state index is 13.3. The SMILES string of the molecule is CCCC(=O)N(C)[C@H](CSCCN1CCNCC1)C(=O)N(C)[C@@H](CC(C)(C)O)C(N)=O. The molecule has 1 heterocycles. The summed E-state index contributed by atoms with van der Waals surface area (Å²) in [4.78, 5) is 43.0. The van der Waals surface area contributed by atoms with E-state index in [9.17, 15) is 19.5 Å². The predicted octanol–water partition coefficient (Wildman–Crippen LogP) is -0.275. The lowest BCUT2D eigenvalue weighted by molar-refractivity contribution is -0.147. The first-order valence-electron chi connectivity index (χ1n) is 11.0. The van der Waals surface area contributed by atoms with Gasteiger partial charge in [0.1, 0.15) is 12.1 Å². The maximum absolute atomic E-state index is 13.3. The smallest absolute Gasteiger partial charge is 0.246 e. The van der Waals surface area contributed by atoms with Crippen LogP contribution in [0.25, 0.3) is 0 Å². The van der Waals surface area contributed by atoms with Crippen LogP contribution in [-0.4, -0.2) is 114 Å². The van der Waals surface area contributed by atoms with E-state index >= 15 is 0 Å². The Labute approximate surface area is 191 Å². The van der Waals surface area contributed by atoms with Crippen LogP contribution in [0.15, 0.2) is 0 Å². The van der Waals surface area contributed by atoms with Crippen molar-refractivity contribution in [2.24, 2.45) is 5.73 Å². The van der Waals surface area contributed by atoms with Crippen LogP contribution in [-0.2, 0) is 14.4 Å². The van der Waals surface area contributed by atoms with Crippen LogP contribution in [0.4, 0.5) is 0 Å². The molecule has 1 fully saturated rings. The van der Waals surface area contributed by atoms with Crippen molar-refractivity contribution in [1.82, 2.24) is 20.0 Å². The monoisotopic (exact) mass is 459 g/mol. The number of rotatable bonds is 13. The second kappa shape index (κ2) is 13.2. The van der Waals surface area contributed by atoms with Gasteiger partial charge in [-0.05, 0) is 20.3 Å². The van der Waals surface area contributed by atoms with Gasteiger partial charge in [0.05, 0.1) is 5.60 Å². The Balaban J connectivity index is 2.85. The quantitative estimate of drug-likeness (QED) is 0.324. The summed E-state index contributed by atoms with van der Waals surface area (Å²) in [5.74, 6) is 0.178. The fourth-order valence-corrected chi connectivity index (χ4v) is 4.67. The number of hydrogen-bond acceptors (Lipinski definition) is 7. The van der Waals surface area contributed by atoms with Gasteiger partial charge in [-0.2, -0.15) is 11.8 Å². The molecule has 2 atom stereocenters. The molecule has 0 aromatic rings. The molecule has 0 radical (unpaired) electrons. The first kappa shape index (κ1) is 27.7. The standard InChI is InChI=1S/C21H41N5O4S/c1-6-7-18(27)24(4)17(15-31-13-12-26-10-8-23-9-11-26)20(29)25(5)16(19(22)28)14-21(2,3)30/h16-17,23,30H,6-15H2,1-5H3,(H2,22,28)/t16-,17+/m0/s1. The molecule has 1 rings (SSSR count). The minimum Gasteiger partial charge on any atom is -0.390 e. The highest BCUT2D eigenvalue weighted by molar-refractivity contribution is 7.99. The number of likely N-dealkylation sites (N-methyl/N-ethyl adjacent to an activating group) is 2. The van der Waals surface area contributed by atoms with Gasteiger partial charge in [-0.25, -0.2) is 0 Å². The van der Waals surface area contributed by atoms with Crippen molar-refractivity contribution in [3.05, 3.63) is 0 Å². The van der Waals surface area contributed by atoms with Gasteiger partial charge >= 0.3 is 0 Å². The number of nitrogens with zero attached hydrogens (tertiary/aromatic N) is 3. The Bertz CT molecular complexity index is 593. The average Bonchev–Trinajstić information content (AvgIpc) is 2.70. The Hall–Kier alpha value is -1.36. The summed E-state index contributed by atoms with van der Waals surface area (Å²) in [5, 5.41) is 13.5. The molecule has 31 heavy (non-hydrogen) atoms. The molecule has 0 spiro atoms. The lowest BCUT2D eigenvalue weighted by Crippen LogP contribution is -2.56. The fraction of sp³-hybridized carbons (Fsp3) is 0.857. The van der Waals surface area contributed by atoms with Crippen molar-refractivity contribution in [3.63, 3.8) is 0 Å². The number of carbonyl (C=O) groups excluding carboxylic acids is 3. The van der Waals surface area contributed by atoms with Crippen LogP contribution >= 0.6 is 11.8 Å². The lowest BCUT2D eigenvalue weighted by Gasteiger charge is -2.35. The normalized spacial score (nSPS) is 17.1. The Morgan fingerprint density at radius 3 is 2.29 bits per heavy atom. The molecular weight excluding hydrogens is 418 g/mol. The van der Waals surface area contributed by atoms with Gasteiger partial charge in [-0.3, -0.25) is 19.3 Å². The van der Waals surface area contributed by atoms with Crippen molar-refractivity contribution in [3.8, 4) is 0 Å². The number of hydrogen-bond donors (Lipinski definition) is 3. The van der Waals surface area contributed by atoms with Gasteiger partial charge in [-0.15, -0.1) is 0 Å². The first-order valence-corrected chi connectivity index (χ1v) is 12.2. The number of primary amides is 1. The number of carbonyl (C=O) groups is 3. The number of amides is 3. The summed E-state index contributed by atoms with van der Waals surface area (Å²) in [6, 6.07) is -1.64. The van der Waals surface area contributed by atoms with E-state index in [2.05, 4.69) is 10.2 Å². The number of nitrogens with one attached hydrogen (secondary N) is 1. The zero-order chi connectivity index (χ0) is 23.6. The Morgan fingerprint density at radius 1 is 1.16 bits per heavy atom. The van der Waals surface area contributed by atoms with E-state index in [1.807, 2.05) is 6.92 Å². The van der Waals surface area contributed by atoms with Crippen molar-refractivity contribution in [2.75, 3.05) is 58.3 Å². The predicted molar refractivity (Wildman–Crippen MR) is 125 cm³/mol. The van der Waals surface area contributed by atoms with Crippen molar-refractivity contribution in [2.45, 2.75) is 57.7 Å². The average molecular weight is 460 g/mol. The number of thioether (sulfide) groups is 1. The molecule has 4 N–H and O–H groups in total. The summed E-state index contributed by atoms with van der Waals surface area (Å²) >= 11 is 1.63. The Morgan fingerprint density at radius 2 is 1.77 bits per heavy atom. The largest absolute Gasteiger partial charge is 0.390 e. The molecule has 180 valence electrons. The molecule has 0 aromatic carbocycles. The molecule has 0 saturated carbocycles. The van der Waals surface area contributed by atoms with E-state index in [4.69, 9.17) is 5.73 Å². The summed E-state index contributed by atoms with van der Waals surface area (Å²) in [6.45, 7) is 9.99. The van der Waals surface area contributed by atoms with Crippen LogP contribution in [0, 0.1) is 0 Å². The molecule has 1 aliphatic rings. The highest BCUT2D eigenvalue weighted by Crippen LogP contribution is 2.19. The second-order valence-corrected chi connectivity index (χ2v) is 9.97. The summed E-state index contributed by atoms with van der Waals surface area (Å²) < 4.78 is 0. The van der Waals surface area contributed by atoms with Crippen molar-refractivity contribution >= 4 is 29.5 Å². The van der Waals surface area contributed by atoms with Crippen LogP contribution in [0.1, 0.15) is 40.0 Å². The van der Waals surface area contributed by atoms with Gasteiger partial charge in [0.15, 0.2) is 0 Å². The summed E-state index contributed by atoms with van der Waals surface area (Å²) in [7, 11) is 3.15. The van der Waals surface area contributed by atoms with E-state index in [0.29, 0.717) is 18.6 Å². The first-order chi connectivity index (χ1) is 14.5. The van der Waals surface area contributed by atoms with E-state index in [-0.39, 0.29) is 18.2 Å². The third-order valence-electron chi connectivity index (χ3n) is 5.48. The molecule has 10 heteroatoms. The van der Waals surface area contributed by atoms with E-state index < -0.39 is 23.6 Å². The van der Waals surface area contributed by atoms with Crippen molar-refractivity contribution < 1.29 is 19.5 Å². The van der Waals surface area contributed by atoms with Gasteiger partial charge in [0, 0.05) is 71.2 Å². The van der Waals surface area contributed by atoms with Crippen LogP contribution in [0.5, 0.6) is 0 Å². The van der Waals surface area contributed by atoms with Crippen LogP contribution < -0.4 is 11.1 Å². The zero-order valence-corrected chi connectivity index (χ0v) is 20.5. The topological polar surface area (TPSA) is 119 Å². The summed E-state index contributed by atoms with van der Waals surface area (Å²) in [5.41, 5.74) is 4.37. The minimum atomic E-state index is -1.16. The molecule has 9 nitrogen and oxygen atoms in total. The third kappa shape index (κ3) is 9.76. The maximum Gasteiger partial charge on any atom is 0.246 e. The van der Waals surface area contributed by atoms with Gasteiger partial charge in [-0.1, -0.05) is 6.92 Å². The highest BCUT2D eigenvalue weighted by Gasteiger charge is 2.36. The number of nitrogens with two attached hydrogens (primary N) is 1. The molecule has 1 aliphatic heterocycles. The number of piperazine rings is 1. The lowest BCUT2D eigenvalue weighted by atomic mass is 9.97. The minimum absolute atomic E-state index is 0.0278. The third-order valence-corrected chi connectivity index (χ3v) is 6.51. The highest BCUT2D eigenvalue weighted by atomic mass is 32.2. The van der Waals surface area contributed by atoms with E-state index in [1.54, 1.807) is 32.7 Å². The molecule has 1 saturated heterocycles.